The van der Waals surface area contributed by atoms with Crippen LogP contribution >= 0.6 is 0 Å². The molecule has 0 saturated heterocycles. The molecule has 3 heteroatoms. The van der Waals surface area contributed by atoms with Crippen molar-refractivity contribution in [1.82, 2.24) is 0 Å². The van der Waals surface area contributed by atoms with Crippen LogP contribution in [0.1, 0.15) is 12.5 Å². The van der Waals surface area contributed by atoms with Crippen LogP contribution in [0.5, 0.6) is 5.75 Å². The number of methoxy groups -OCH3 is 1. The van der Waals surface area contributed by atoms with Crippen molar-refractivity contribution >= 4 is 5.78 Å². The maximum absolute atomic E-state index is 11.5. The molecule has 0 aromatic heterocycles. The Balaban J connectivity index is 2.61. The van der Waals surface area contributed by atoms with Crippen LogP contribution in [0.3, 0.4) is 0 Å². The normalized spacial score (nSPS) is 12.2. The summed E-state index contributed by atoms with van der Waals surface area (Å²) in [6.07, 6.45) is 0.367. The highest BCUT2D eigenvalue weighted by molar-refractivity contribution is 5.83. The molecule has 0 spiro atoms. The molecule has 0 saturated carbocycles. The standard InChI is InChI=1S/C12H16O3/c1-9(8-13)12(14)7-10-3-5-11(15-2)6-4-10/h3-6,9,13H,7-8H2,1-2H3. The van der Waals surface area contributed by atoms with E-state index in [0.29, 0.717) is 6.42 Å². The Morgan fingerprint density at radius 3 is 2.47 bits per heavy atom. The molecule has 0 fully saturated rings. The highest BCUT2D eigenvalue weighted by Crippen LogP contribution is 2.13. The first-order chi connectivity index (χ1) is 7.17. The Morgan fingerprint density at radius 1 is 1.40 bits per heavy atom. The third-order valence-corrected chi connectivity index (χ3v) is 2.36. The lowest BCUT2D eigenvalue weighted by Crippen LogP contribution is -2.16. The average Bonchev–Trinajstić information content (AvgIpc) is 2.29. The predicted octanol–water partition coefficient (Wildman–Crippen LogP) is 1.44. The minimum Gasteiger partial charge on any atom is -0.497 e. The number of ether oxygens (including phenoxy) is 1. The van der Waals surface area contributed by atoms with Crippen LogP contribution in [0.15, 0.2) is 24.3 Å². The van der Waals surface area contributed by atoms with Gasteiger partial charge in [-0.3, -0.25) is 4.79 Å². The highest BCUT2D eigenvalue weighted by Gasteiger charge is 2.11. The summed E-state index contributed by atoms with van der Waals surface area (Å²) in [7, 11) is 1.61. The highest BCUT2D eigenvalue weighted by atomic mass is 16.5. The van der Waals surface area contributed by atoms with Gasteiger partial charge in [0, 0.05) is 12.3 Å². The van der Waals surface area contributed by atoms with Gasteiger partial charge in [0.1, 0.15) is 11.5 Å². The number of benzene rings is 1. The molecule has 1 atom stereocenters. The Kier molecular flexibility index (Phi) is 4.31. The molecule has 15 heavy (non-hydrogen) atoms. The minimum absolute atomic E-state index is 0.0580. The van der Waals surface area contributed by atoms with Crippen molar-refractivity contribution in [3.05, 3.63) is 29.8 Å². The summed E-state index contributed by atoms with van der Waals surface area (Å²) in [5.41, 5.74) is 0.945. The number of rotatable bonds is 5. The number of carbonyl (C=O) groups excluding carboxylic acids is 1. The number of ketones is 1. The summed E-state index contributed by atoms with van der Waals surface area (Å²) in [4.78, 5) is 11.5. The van der Waals surface area contributed by atoms with E-state index in [1.807, 2.05) is 24.3 Å². The van der Waals surface area contributed by atoms with Gasteiger partial charge in [0.15, 0.2) is 0 Å². The van der Waals surface area contributed by atoms with Gasteiger partial charge in [-0.2, -0.15) is 0 Å². The molecule has 3 nitrogen and oxygen atoms in total. The molecule has 0 aliphatic carbocycles. The van der Waals surface area contributed by atoms with Crippen molar-refractivity contribution in [2.45, 2.75) is 13.3 Å². The van der Waals surface area contributed by atoms with Crippen molar-refractivity contribution in [2.75, 3.05) is 13.7 Å². The fraction of sp³-hybridized carbons (Fsp3) is 0.417. The fourth-order valence-corrected chi connectivity index (χ4v) is 1.22. The van der Waals surface area contributed by atoms with Gasteiger partial charge in [0.2, 0.25) is 0 Å². The summed E-state index contributed by atoms with van der Waals surface area (Å²) >= 11 is 0. The van der Waals surface area contributed by atoms with E-state index in [1.165, 1.54) is 0 Å². The van der Waals surface area contributed by atoms with Crippen molar-refractivity contribution < 1.29 is 14.6 Å². The van der Waals surface area contributed by atoms with Crippen molar-refractivity contribution in [3.63, 3.8) is 0 Å². The summed E-state index contributed by atoms with van der Waals surface area (Å²) in [6.45, 7) is 1.64. The quantitative estimate of drug-likeness (QED) is 0.796. The van der Waals surface area contributed by atoms with Crippen LogP contribution in [0.2, 0.25) is 0 Å². The zero-order chi connectivity index (χ0) is 11.3. The topological polar surface area (TPSA) is 46.5 Å². The molecular weight excluding hydrogens is 192 g/mol. The lowest BCUT2D eigenvalue weighted by molar-refractivity contribution is -0.122. The molecule has 0 bridgehead atoms. The second kappa shape index (κ2) is 5.51. The first kappa shape index (κ1) is 11.7. The zero-order valence-electron chi connectivity index (χ0n) is 9.06. The van der Waals surface area contributed by atoms with Gasteiger partial charge in [0.05, 0.1) is 13.7 Å². The van der Waals surface area contributed by atoms with Gasteiger partial charge in [-0.1, -0.05) is 19.1 Å². The number of Topliss-reactive ketones (excluding diaryl/α,β-unsaturated/α-hetero) is 1. The number of aliphatic hydroxyl groups excluding tert-OH is 1. The molecule has 0 amide bonds. The number of hydrogen-bond donors (Lipinski definition) is 1. The molecular formula is C12H16O3. The number of carbonyl (C=O) groups is 1. The molecule has 1 aromatic rings. The molecule has 0 aliphatic rings. The van der Waals surface area contributed by atoms with Gasteiger partial charge in [-0.05, 0) is 17.7 Å². The third-order valence-electron chi connectivity index (χ3n) is 2.36. The Morgan fingerprint density at radius 2 is 2.00 bits per heavy atom. The van der Waals surface area contributed by atoms with Crippen LogP contribution in [-0.2, 0) is 11.2 Å². The summed E-state index contributed by atoms with van der Waals surface area (Å²) in [5.74, 6) is 0.552. The van der Waals surface area contributed by atoms with Crippen LogP contribution in [-0.4, -0.2) is 24.6 Å². The van der Waals surface area contributed by atoms with E-state index >= 15 is 0 Å². The average molecular weight is 208 g/mol. The maximum atomic E-state index is 11.5. The van der Waals surface area contributed by atoms with Crippen LogP contribution in [0.4, 0.5) is 0 Å². The first-order valence-corrected chi connectivity index (χ1v) is 4.94. The summed E-state index contributed by atoms with van der Waals surface area (Å²) in [5, 5.41) is 8.82. The molecule has 1 unspecified atom stereocenters. The van der Waals surface area contributed by atoms with Gasteiger partial charge in [-0.15, -0.1) is 0 Å². The van der Waals surface area contributed by atoms with Gasteiger partial charge in [0.25, 0.3) is 0 Å². The Hall–Kier alpha value is -1.35. The zero-order valence-corrected chi connectivity index (χ0v) is 9.06. The largest absolute Gasteiger partial charge is 0.497 e. The summed E-state index contributed by atoms with van der Waals surface area (Å²) < 4.78 is 5.02. The molecule has 1 N–H and O–H groups in total. The fourth-order valence-electron chi connectivity index (χ4n) is 1.22. The van der Waals surface area contributed by atoms with Gasteiger partial charge in [-0.25, -0.2) is 0 Å². The van der Waals surface area contributed by atoms with Crippen LogP contribution in [0.25, 0.3) is 0 Å². The smallest absolute Gasteiger partial charge is 0.142 e. The molecule has 1 aromatic carbocycles. The monoisotopic (exact) mass is 208 g/mol. The van der Waals surface area contributed by atoms with Crippen LogP contribution in [0, 0.1) is 5.92 Å². The van der Waals surface area contributed by atoms with Gasteiger partial charge < -0.3 is 9.84 Å². The molecule has 82 valence electrons. The second-order valence-corrected chi connectivity index (χ2v) is 3.57. The molecule has 0 aliphatic heterocycles. The Bertz CT molecular complexity index is 316. The third kappa shape index (κ3) is 3.36. The van der Waals surface area contributed by atoms with E-state index in [9.17, 15) is 4.79 Å². The molecule has 0 radical (unpaired) electrons. The van der Waals surface area contributed by atoms with Crippen molar-refractivity contribution in [3.8, 4) is 5.75 Å². The first-order valence-electron chi connectivity index (χ1n) is 4.94. The molecule has 0 heterocycles. The number of aliphatic hydroxyl groups is 1. The lowest BCUT2D eigenvalue weighted by atomic mass is 10.0. The van der Waals surface area contributed by atoms with E-state index in [-0.39, 0.29) is 18.3 Å². The molecule has 1 rings (SSSR count). The second-order valence-electron chi connectivity index (χ2n) is 3.57. The SMILES string of the molecule is COc1ccc(CC(=O)C(C)CO)cc1. The Labute approximate surface area is 89.7 Å². The van der Waals surface area contributed by atoms with Crippen molar-refractivity contribution in [1.29, 1.82) is 0 Å². The van der Waals surface area contributed by atoms with Crippen LogP contribution < -0.4 is 4.74 Å². The number of hydrogen-bond acceptors (Lipinski definition) is 3. The van der Waals surface area contributed by atoms with Crippen molar-refractivity contribution in [2.24, 2.45) is 5.92 Å². The van der Waals surface area contributed by atoms with E-state index in [2.05, 4.69) is 0 Å². The van der Waals surface area contributed by atoms with E-state index in [0.717, 1.165) is 11.3 Å². The lowest BCUT2D eigenvalue weighted by Gasteiger charge is -2.07. The maximum Gasteiger partial charge on any atom is 0.142 e. The minimum atomic E-state index is -0.285. The van der Waals surface area contributed by atoms with E-state index in [4.69, 9.17) is 9.84 Å². The van der Waals surface area contributed by atoms with Gasteiger partial charge >= 0.3 is 0 Å². The summed E-state index contributed by atoms with van der Waals surface area (Å²) in [6, 6.07) is 7.38. The van der Waals surface area contributed by atoms with E-state index < -0.39 is 0 Å². The van der Waals surface area contributed by atoms with E-state index in [1.54, 1.807) is 14.0 Å². The predicted molar refractivity (Wildman–Crippen MR) is 58.0 cm³/mol.